The summed E-state index contributed by atoms with van der Waals surface area (Å²) in [6, 6.07) is 14.1. The summed E-state index contributed by atoms with van der Waals surface area (Å²) >= 11 is 0. The number of carbonyl (C=O) groups is 2. The van der Waals surface area contributed by atoms with Crippen molar-refractivity contribution < 1.29 is 33.5 Å². The lowest BCUT2D eigenvalue weighted by Gasteiger charge is -2.09. The monoisotopic (exact) mass is 533 g/mol. The standard InChI is InChI=1S/C28H27N3O8/c1-36-23-11-5-18(15-25(23)38-3)7-13-27(32)29-20-9-10-22(31(34)35)21(17-20)30-28(33)14-8-19-6-12-24(37-2)26(16-19)39-4/h5-17H,1-4H3,(H,29,32)(H,30,33). The van der Waals surface area contributed by atoms with E-state index in [2.05, 4.69) is 10.6 Å². The number of anilines is 2. The van der Waals surface area contributed by atoms with Gasteiger partial charge in [-0.15, -0.1) is 0 Å². The molecular weight excluding hydrogens is 506 g/mol. The van der Waals surface area contributed by atoms with Gasteiger partial charge in [0.2, 0.25) is 11.8 Å². The van der Waals surface area contributed by atoms with E-state index in [0.717, 1.165) is 0 Å². The summed E-state index contributed by atoms with van der Waals surface area (Å²) < 4.78 is 20.9. The van der Waals surface area contributed by atoms with Crippen molar-refractivity contribution in [1.82, 2.24) is 0 Å². The average Bonchev–Trinajstić information content (AvgIpc) is 2.94. The predicted octanol–water partition coefficient (Wildman–Crippen LogP) is 4.93. The quantitative estimate of drug-likeness (QED) is 0.201. The molecule has 0 unspecified atom stereocenters. The third-order valence-corrected chi connectivity index (χ3v) is 5.39. The summed E-state index contributed by atoms with van der Waals surface area (Å²) in [6.07, 6.45) is 5.62. The van der Waals surface area contributed by atoms with Crippen LogP contribution in [0.1, 0.15) is 11.1 Å². The number of methoxy groups -OCH3 is 4. The van der Waals surface area contributed by atoms with Gasteiger partial charge in [-0.2, -0.15) is 0 Å². The molecule has 202 valence electrons. The van der Waals surface area contributed by atoms with Gasteiger partial charge in [0, 0.05) is 23.9 Å². The van der Waals surface area contributed by atoms with Crippen LogP contribution in [0.4, 0.5) is 17.1 Å². The number of benzene rings is 3. The second-order valence-corrected chi connectivity index (χ2v) is 7.86. The Bertz CT molecular complexity index is 1430. The van der Waals surface area contributed by atoms with Crippen LogP contribution in [0.15, 0.2) is 66.7 Å². The summed E-state index contributed by atoms with van der Waals surface area (Å²) in [7, 11) is 6.04. The van der Waals surface area contributed by atoms with Crippen molar-refractivity contribution in [3.8, 4) is 23.0 Å². The molecule has 2 N–H and O–H groups in total. The Morgan fingerprint density at radius 2 is 1.18 bits per heavy atom. The SMILES string of the molecule is COc1ccc(C=CC(=O)Nc2ccc([N+](=O)[O-])c(NC(=O)C=Cc3ccc(OC)c(OC)c3)c2)cc1OC. The first-order valence-corrected chi connectivity index (χ1v) is 11.5. The first-order valence-electron chi connectivity index (χ1n) is 11.5. The third kappa shape index (κ3) is 7.59. The summed E-state index contributed by atoms with van der Waals surface area (Å²) in [5.74, 6) is 0.995. The van der Waals surface area contributed by atoms with Gasteiger partial charge in [0.05, 0.1) is 33.4 Å². The molecule has 0 fully saturated rings. The molecule has 3 aromatic rings. The van der Waals surface area contributed by atoms with Crippen molar-refractivity contribution in [2.45, 2.75) is 0 Å². The second kappa shape index (κ2) is 13.3. The van der Waals surface area contributed by atoms with Gasteiger partial charge in [0.15, 0.2) is 23.0 Å². The highest BCUT2D eigenvalue weighted by molar-refractivity contribution is 6.05. The van der Waals surface area contributed by atoms with Gasteiger partial charge in [-0.05, 0) is 59.7 Å². The van der Waals surface area contributed by atoms with Crippen LogP contribution in [-0.2, 0) is 9.59 Å². The van der Waals surface area contributed by atoms with Gasteiger partial charge < -0.3 is 29.6 Å². The molecule has 11 heteroatoms. The summed E-state index contributed by atoms with van der Waals surface area (Å²) in [4.78, 5) is 35.9. The molecule has 3 aromatic carbocycles. The number of rotatable bonds is 11. The van der Waals surface area contributed by atoms with E-state index in [1.807, 2.05) is 0 Å². The molecular formula is C28H27N3O8. The fraction of sp³-hybridized carbons (Fsp3) is 0.143. The fourth-order valence-electron chi connectivity index (χ4n) is 3.49. The van der Waals surface area contributed by atoms with E-state index in [9.17, 15) is 19.7 Å². The Balaban J connectivity index is 1.73. The lowest BCUT2D eigenvalue weighted by atomic mass is 10.1. The number of hydrogen-bond acceptors (Lipinski definition) is 8. The number of nitro benzene ring substituents is 1. The maximum Gasteiger partial charge on any atom is 0.292 e. The van der Waals surface area contributed by atoms with E-state index >= 15 is 0 Å². The minimum absolute atomic E-state index is 0.0800. The number of carbonyl (C=O) groups excluding carboxylic acids is 2. The van der Waals surface area contributed by atoms with Gasteiger partial charge in [-0.1, -0.05) is 12.1 Å². The Kier molecular flexibility index (Phi) is 9.63. The van der Waals surface area contributed by atoms with E-state index in [-0.39, 0.29) is 17.1 Å². The molecule has 11 nitrogen and oxygen atoms in total. The number of hydrogen-bond donors (Lipinski definition) is 2. The van der Waals surface area contributed by atoms with Crippen LogP contribution in [-0.4, -0.2) is 45.2 Å². The van der Waals surface area contributed by atoms with E-state index in [1.165, 1.54) is 64.9 Å². The topological polar surface area (TPSA) is 138 Å². The van der Waals surface area contributed by atoms with E-state index in [1.54, 1.807) is 42.5 Å². The maximum absolute atomic E-state index is 12.5. The van der Waals surface area contributed by atoms with Crippen LogP contribution in [0.25, 0.3) is 12.2 Å². The zero-order chi connectivity index (χ0) is 28.4. The molecule has 0 bridgehead atoms. The molecule has 0 aliphatic heterocycles. The lowest BCUT2D eigenvalue weighted by molar-refractivity contribution is -0.383. The van der Waals surface area contributed by atoms with Crippen LogP contribution < -0.4 is 29.6 Å². The molecule has 3 rings (SSSR count). The predicted molar refractivity (Wildman–Crippen MR) is 148 cm³/mol. The van der Waals surface area contributed by atoms with Gasteiger partial charge in [0.1, 0.15) is 5.69 Å². The molecule has 0 radical (unpaired) electrons. The zero-order valence-corrected chi connectivity index (χ0v) is 21.7. The van der Waals surface area contributed by atoms with Gasteiger partial charge in [0.25, 0.3) is 5.69 Å². The van der Waals surface area contributed by atoms with Crippen LogP contribution in [0, 0.1) is 10.1 Å². The van der Waals surface area contributed by atoms with Crippen molar-refractivity contribution in [2.24, 2.45) is 0 Å². The van der Waals surface area contributed by atoms with Crippen LogP contribution >= 0.6 is 0 Å². The normalized spacial score (nSPS) is 10.8. The Labute approximate surface area is 224 Å². The van der Waals surface area contributed by atoms with Gasteiger partial charge in [-0.25, -0.2) is 0 Å². The van der Waals surface area contributed by atoms with Crippen molar-refractivity contribution in [2.75, 3.05) is 39.1 Å². The van der Waals surface area contributed by atoms with Crippen LogP contribution in [0.5, 0.6) is 23.0 Å². The Morgan fingerprint density at radius 1 is 0.692 bits per heavy atom. The van der Waals surface area contributed by atoms with Gasteiger partial charge in [-0.3, -0.25) is 19.7 Å². The zero-order valence-electron chi connectivity index (χ0n) is 21.7. The van der Waals surface area contributed by atoms with Crippen LogP contribution in [0.2, 0.25) is 0 Å². The largest absolute Gasteiger partial charge is 0.493 e. The minimum Gasteiger partial charge on any atom is -0.493 e. The summed E-state index contributed by atoms with van der Waals surface area (Å²) in [5, 5.41) is 16.6. The lowest BCUT2D eigenvalue weighted by Crippen LogP contribution is -2.12. The van der Waals surface area contributed by atoms with Crippen LogP contribution in [0.3, 0.4) is 0 Å². The molecule has 39 heavy (non-hydrogen) atoms. The molecule has 0 aliphatic carbocycles. The Morgan fingerprint density at radius 3 is 1.64 bits per heavy atom. The van der Waals surface area contributed by atoms with Crippen molar-refractivity contribution in [3.63, 3.8) is 0 Å². The highest BCUT2D eigenvalue weighted by Crippen LogP contribution is 2.30. The number of nitro groups is 1. The minimum atomic E-state index is -0.629. The van der Waals surface area contributed by atoms with E-state index in [4.69, 9.17) is 18.9 Å². The number of nitrogens with one attached hydrogen (secondary N) is 2. The highest BCUT2D eigenvalue weighted by atomic mass is 16.6. The maximum atomic E-state index is 12.5. The molecule has 0 aliphatic rings. The van der Waals surface area contributed by atoms with Gasteiger partial charge >= 0.3 is 0 Å². The highest BCUT2D eigenvalue weighted by Gasteiger charge is 2.16. The number of amides is 2. The van der Waals surface area contributed by atoms with E-state index in [0.29, 0.717) is 34.1 Å². The number of nitrogens with zero attached hydrogens (tertiary/aromatic N) is 1. The summed E-state index contributed by atoms with van der Waals surface area (Å²) in [6.45, 7) is 0. The fourth-order valence-corrected chi connectivity index (χ4v) is 3.49. The second-order valence-electron chi connectivity index (χ2n) is 7.86. The smallest absolute Gasteiger partial charge is 0.292 e. The molecule has 0 saturated heterocycles. The molecule has 0 atom stereocenters. The first-order chi connectivity index (χ1) is 18.8. The van der Waals surface area contributed by atoms with Crippen molar-refractivity contribution >= 4 is 41.0 Å². The molecule has 0 saturated carbocycles. The first kappa shape index (κ1) is 28.3. The van der Waals surface area contributed by atoms with E-state index < -0.39 is 16.7 Å². The van der Waals surface area contributed by atoms with Crippen molar-refractivity contribution in [3.05, 3.63) is 88.0 Å². The third-order valence-electron chi connectivity index (χ3n) is 5.39. The molecule has 0 spiro atoms. The molecule has 0 heterocycles. The average molecular weight is 534 g/mol. The number of ether oxygens (including phenoxy) is 4. The molecule has 0 aromatic heterocycles. The molecule has 2 amide bonds. The Hall–Kier alpha value is -5.32. The summed E-state index contributed by atoms with van der Waals surface area (Å²) in [5.41, 5.74) is 1.19. The van der Waals surface area contributed by atoms with Crippen molar-refractivity contribution in [1.29, 1.82) is 0 Å².